The molecule has 0 saturated carbocycles. The second-order valence-electron chi connectivity index (χ2n) is 5.80. The molecule has 1 N–H and O–H groups in total. The molecule has 3 unspecified atom stereocenters. The SMILES string of the molecule is CC#CC(Nc1ccccc1)C12C=CC(O1)C(C(=O)OC)=C2C(=O)OC. The molecule has 1 aromatic rings. The van der Waals surface area contributed by atoms with Crippen LogP contribution in [0.3, 0.4) is 0 Å². The fourth-order valence-electron chi connectivity index (χ4n) is 3.27. The number of carbonyl (C=O) groups is 2. The number of carbonyl (C=O) groups excluding carboxylic acids is 2. The van der Waals surface area contributed by atoms with Gasteiger partial charge in [-0.1, -0.05) is 30.2 Å². The first-order chi connectivity index (χ1) is 12.6. The largest absolute Gasteiger partial charge is 0.466 e. The Morgan fingerprint density at radius 2 is 1.88 bits per heavy atom. The van der Waals surface area contributed by atoms with Crippen LogP contribution >= 0.6 is 0 Å². The number of hydrogen-bond acceptors (Lipinski definition) is 6. The van der Waals surface area contributed by atoms with Gasteiger partial charge in [-0.15, -0.1) is 5.92 Å². The summed E-state index contributed by atoms with van der Waals surface area (Å²) in [5, 5.41) is 3.28. The van der Waals surface area contributed by atoms with Gasteiger partial charge in [0.1, 0.15) is 12.1 Å². The fraction of sp³-hybridized carbons (Fsp3) is 0.300. The van der Waals surface area contributed by atoms with E-state index in [-0.39, 0.29) is 11.1 Å². The van der Waals surface area contributed by atoms with Crippen LogP contribution in [0.4, 0.5) is 5.69 Å². The highest BCUT2D eigenvalue weighted by atomic mass is 16.6. The maximum absolute atomic E-state index is 12.5. The molecule has 0 radical (unpaired) electrons. The van der Waals surface area contributed by atoms with Crippen molar-refractivity contribution in [2.75, 3.05) is 19.5 Å². The molecule has 3 rings (SSSR count). The van der Waals surface area contributed by atoms with E-state index in [0.717, 1.165) is 5.69 Å². The number of benzene rings is 1. The maximum Gasteiger partial charge on any atom is 0.337 e. The zero-order chi connectivity index (χ0) is 18.7. The Morgan fingerprint density at radius 3 is 2.50 bits per heavy atom. The molecule has 0 spiro atoms. The predicted octanol–water partition coefficient (Wildman–Crippen LogP) is 1.84. The van der Waals surface area contributed by atoms with Crippen LogP contribution in [0, 0.1) is 11.8 Å². The summed E-state index contributed by atoms with van der Waals surface area (Å²) in [6.07, 6.45) is 2.81. The van der Waals surface area contributed by atoms with E-state index in [2.05, 4.69) is 17.2 Å². The lowest BCUT2D eigenvalue weighted by Gasteiger charge is -2.32. The summed E-state index contributed by atoms with van der Waals surface area (Å²) in [6, 6.07) is 8.83. The first-order valence-electron chi connectivity index (χ1n) is 8.09. The molecule has 2 bridgehead atoms. The molecule has 2 aliphatic rings. The van der Waals surface area contributed by atoms with E-state index >= 15 is 0 Å². The molecule has 0 fully saturated rings. The first kappa shape index (κ1) is 17.8. The van der Waals surface area contributed by atoms with Crippen molar-refractivity contribution in [3.05, 3.63) is 53.6 Å². The molecule has 0 amide bonds. The van der Waals surface area contributed by atoms with Crippen LogP contribution in [-0.4, -0.2) is 43.9 Å². The highest BCUT2D eigenvalue weighted by molar-refractivity contribution is 6.05. The molecule has 0 aromatic heterocycles. The molecule has 0 aliphatic carbocycles. The van der Waals surface area contributed by atoms with Crippen molar-refractivity contribution in [3.63, 3.8) is 0 Å². The third kappa shape index (κ3) is 2.76. The number of fused-ring (bicyclic) bond motifs is 2. The number of anilines is 1. The molecule has 2 aliphatic heterocycles. The van der Waals surface area contributed by atoms with Gasteiger partial charge in [-0.2, -0.15) is 0 Å². The third-order valence-corrected chi connectivity index (χ3v) is 4.38. The van der Waals surface area contributed by atoms with E-state index in [1.54, 1.807) is 19.1 Å². The first-order valence-corrected chi connectivity index (χ1v) is 8.09. The molecular formula is C20H19NO5. The highest BCUT2D eigenvalue weighted by Gasteiger charge is 2.58. The standard InChI is InChI=1S/C20H19NO5/c1-4-8-15(21-13-9-6-5-7-10-13)20-12-11-14(26-20)16(18(22)24-2)17(20)19(23)25-3/h5-7,9-12,14-15,21H,1-3H3. The van der Waals surface area contributed by atoms with Crippen LogP contribution in [0.1, 0.15) is 6.92 Å². The molecule has 26 heavy (non-hydrogen) atoms. The Labute approximate surface area is 151 Å². The minimum absolute atomic E-state index is 0.121. The minimum Gasteiger partial charge on any atom is -0.466 e. The van der Waals surface area contributed by atoms with E-state index in [4.69, 9.17) is 14.2 Å². The van der Waals surface area contributed by atoms with Crippen molar-refractivity contribution in [1.82, 2.24) is 0 Å². The normalized spacial score (nSPS) is 23.9. The lowest BCUT2D eigenvalue weighted by atomic mass is 9.81. The van der Waals surface area contributed by atoms with Crippen LogP contribution in [-0.2, 0) is 23.8 Å². The van der Waals surface area contributed by atoms with Crippen molar-refractivity contribution >= 4 is 17.6 Å². The molecule has 2 heterocycles. The van der Waals surface area contributed by atoms with Crippen LogP contribution in [0.15, 0.2) is 53.6 Å². The van der Waals surface area contributed by atoms with Crippen molar-refractivity contribution in [2.45, 2.75) is 24.7 Å². The Balaban J connectivity index is 2.10. The average Bonchev–Trinajstić information content (AvgIpc) is 3.25. The van der Waals surface area contributed by atoms with Crippen LogP contribution in [0.2, 0.25) is 0 Å². The van der Waals surface area contributed by atoms with Crippen molar-refractivity contribution < 1.29 is 23.8 Å². The number of hydrogen-bond donors (Lipinski definition) is 1. The molecule has 6 heteroatoms. The van der Waals surface area contributed by atoms with E-state index in [0.29, 0.717) is 0 Å². The van der Waals surface area contributed by atoms with Gasteiger partial charge in [0.05, 0.1) is 25.4 Å². The van der Waals surface area contributed by atoms with Crippen molar-refractivity contribution in [3.8, 4) is 11.8 Å². The topological polar surface area (TPSA) is 73.9 Å². The van der Waals surface area contributed by atoms with E-state index in [9.17, 15) is 9.59 Å². The summed E-state index contributed by atoms with van der Waals surface area (Å²) in [7, 11) is 2.52. The summed E-state index contributed by atoms with van der Waals surface area (Å²) < 4.78 is 15.8. The van der Waals surface area contributed by atoms with E-state index in [1.807, 2.05) is 30.3 Å². The van der Waals surface area contributed by atoms with E-state index in [1.165, 1.54) is 14.2 Å². The van der Waals surface area contributed by atoms with Gasteiger partial charge in [-0.3, -0.25) is 0 Å². The zero-order valence-corrected chi connectivity index (χ0v) is 14.7. The summed E-state index contributed by atoms with van der Waals surface area (Å²) in [5.74, 6) is 4.64. The lowest BCUT2D eigenvalue weighted by Crippen LogP contribution is -2.47. The quantitative estimate of drug-likeness (QED) is 0.495. The van der Waals surface area contributed by atoms with Gasteiger partial charge in [0.15, 0.2) is 5.60 Å². The predicted molar refractivity (Wildman–Crippen MR) is 95.1 cm³/mol. The van der Waals surface area contributed by atoms with Crippen LogP contribution < -0.4 is 5.32 Å². The minimum atomic E-state index is -1.24. The summed E-state index contributed by atoms with van der Waals surface area (Å²) in [6.45, 7) is 1.70. The molecular weight excluding hydrogens is 334 g/mol. The smallest absolute Gasteiger partial charge is 0.337 e. The molecule has 3 atom stereocenters. The molecule has 1 aromatic carbocycles. The zero-order valence-electron chi connectivity index (χ0n) is 14.7. The van der Waals surface area contributed by atoms with Gasteiger partial charge >= 0.3 is 11.9 Å². The number of methoxy groups -OCH3 is 2. The van der Waals surface area contributed by atoms with E-state index < -0.39 is 29.7 Å². The number of para-hydroxylation sites is 1. The fourth-order valence-corrected chi connectivity index (χ4v) is 3.27. The van der Waals surface area contributed by atoms with Crippen LogP contribution in [0.25, 0.3) is 0 Å². The Morgan fingerprint density at radius 1 is 1.19 bits per heavy atom. The average molecular weight is 353 g/mol. The monoisotopic (exact) mass is 353 g/mol. The number of esters is 2. The van der Waals surface area contributed by atoms with Crippen LogP contribution in [0.5, 0.6) is 0 Å². The highest BCUT2D eigenvalue weighted by Crippen LogP contribution is 2.46. The molecule has 134 valence electrons. The number of nitrogens with one attached hydrogen (secondary N) is 1. The van der Waals surface area contributed by atoms with Gasteiger partial charge in [0, 0.05) is 5.69 Å². The summed E-state index contributed by atoms with van der Waals surface area (Å²) >= 11 is 0. The maximum atomic E-state index is 12.5. The number of ether oxygens (including phenoxy) is 3. The second kappa shape index (κ2) is 7.06. The third-order valence-electron chi connectivity index (χ3n) is 4.38. The number of rotatable bonds is 5. The second-order valence-corrected chi connectivity index (χ2v) is 5.80. The molecule has 6 nitrogen and oxygen atoms in total. The van der Waals surface area contributed by atoms with Crippen molar-refractivity contribution in [1.29, 1.82) is 0 Å². The molecule has 0 saturated heterocycles. The van der Waals surface area contributed by atoms with Gasteiger partial charge < -0.3 is 19.5 Å². The van der Waals surface area contributed by atoms with Gasteiger partial charge in [-0.05, 0) is 25.1 Å². The van der Waals surface area contributed by atoms with Gasteiger partial charge in [0.25, 0.3) is 0 Å². The lowest BCUT2D eigenvalue weighted by molar-refractivity contribution is -0.139. The Kier molecular flexibility index (Phi) is 4.83. The Bertz CT molecular complexity index is 846. The van der Waals surface area contributed by atoms with Crippen molar-refractivity contribution in [2.24, 2.45) is 0 Å². The van der Waals surface area contributed by atoms with Gasteiger partial charge in [0.2, 0.25) is 0 Å². The summed E-state index contributed by atoms with van der Waals surface area (Å²) in [5.41, 5.74) is -0.152. The summed E-state index contributed by atoms with van der Waals surface area (Å²) in [4.78, 5) is 24.8. The van der Waals surface area contributed by atoms with Gasteiger partial charge in [-0.25, -0.2) is 9.59 Å². The Hall–Kier alpha value is -3.04.